The second kappa shape index (κ2) is 10.7. The molecule has 0 saturated heterocycles. The molecule has 1 aromatic heterocycles. The highest BCUT2D eigenvalue weighted by atomic mass is 32.2. The van der Waals surface area contributed by atoms with Crippen LogP contribution in [0, 0.1) is 6.92 Å². The lowest BCUT2D eigenvalue weighted by atomic mass is 10.1. The topological polar surface area (TPSA) is 107 Å². The summed E-state index contributed by atoms with van der Waals surface area (Å²) in [4.78, 5) is 36.8. The Morgan fingerprint density at radius 2 is 1.84 bits per heavy atom. The van der Waals surface area contributed by atoms with Gasteiger partial charge in [-0.25, -0.2) is 4.79 Å². The van der Waals surface area contributed by atoms with E-state index in [0.717, 1.165) is 5.01 Å². The number of benzene rings is 2. The van der Waals surface area contributed by atoms with Crippen LogP contribution in [0.25, 0.3) is 0 Å². The van der Waals surface area contributed by atoms with Crippen molar-refractivity contribution in [2.24, 2.45) is 0 Å². The summed E-state index contributed by atoms with van der Waals surface area (Å²) in [5.41, 5.74) is 0.968. The smallest absolute Gasteiger partial charge is 0.338 e. The molecule has 3 aromatic rings. The molecule has 8 nitrogen and oxygen atoms in total. The number of ether oxygens (including phenoxy) is 2. The summed E-state index contributed by atoms with van der Waals surface area (Å²) >= 11 is 2.67. The van der Waals surface area contributed by atoms with E-state index in [4.69, 9.17) is 9.47 Å². The number of nitrogens with zero attached hydrogens (tertiary/aromatic N) is 2. The van der Waals surface area contributed by atoms with Gasteiger partial charge >= 0.3 is 5.97 Å². The molecule has 0 bridgehead atoms. The van der Waals surface area contributed by atoms with Gasteiger partial charge in [0.25, 0.3) is 0 Å². The zero-order valence-corrected chi connectivity index (χ0v) is 18.4. The van der Waals surface area contributed by atoms with E-state index in [2.05, 4.69) is 15.5 Å². The van der Waals surface area contributed by atoms with Gasteiger partial charge in [0.1, 0.15) is 10.8 Å². The number of hydrogen-bond acceptors (Lipinski definition) is 9. The van der Waals surface area contributed by atoms with Crippen molar-refractivity contribution in [2.75, 3.05) is 24.8 Å². The molecular weight excluding hydrogens is 438 g/mol. The van der Waals surface area contributed by atoms with Crippen LogP contribution in [0.2, 0.25) is 0 Å². The Morgan fingerprint density at radius 1 is 1.06 bits per heavy atom. The second-order valence-electron chi connectivity index (χ2n) is 6.20. The van der Waals surface area contributed by atoms with Gasteiger partial charge < -0.3 is 14.8 Å². The average molecular weight is 458 g/mol. The number of Topliss-reactive ketones (excluding diaryl/α,β-unsaturated/α-hetero) is 1. The van der Waals surface area contributed by atoms with E-state index in [0.29, 0.717) is 21.3 Å². The monoisotopic (exact) mass is 457 g/mol. The average Bonchev–Trinajstić information content (AvgIpc) is 3.21. The molecule has 0 aliphatic rings. The van der Waals surface area contributed by atoms with Gasteiger partial charge in [-0.05, 0) is 25.1 Å². The lowest BCUT2D eigenvalue weighted by Crippen LogP contribution is -2.17. The predicted octanol–water partition coefficient (Wildman–Crippen LogP) is 3.63. The highest BCUT2D eigenvalue weighted by Gasteiger charge is 2.16. The normalized spacial score (nSPS) is 10.4. The first-order valence-electron chi connectivity index (χ1n) is 9.12. The van der Waals surface area contributed by atoms with Crippen molar-refractivity contribution in [1.82, 2.24) is 10.2 Å². The number of methoxy groups -OCH3 is 1. The van der Waals surface area contributed by atoms with E-state index >= 15 is 0 Å². The number of rotatable bonds is 9. The largest absolute Gasteiger partial charge is 0.495 e. The van der Waals surface area contributed by atoms with Gasteiger partial charge in [0.15, 0.2) is 16.7 Å². The minimum Gasteiger partial charge on any atom is -0.495 e. The summed E-state index contributed by atoms with van der Waals surface area (Å²) in [5.74, 6) is -0.762. The van der Waals surface area contributed by atoms with Gasteiger partial charge in [0.2, 0.25) is 5.91 Å². The molecule has 10 heteroatoms. The first-order chi connectivity index (χ1) is 15.0. The molecule has 160 valence electrons. The van der Waals surface area contributed by atoms with Crippen LogP contribution in [0.4, 0.5) is 5.69 Å². The van der Waals surface area contributed by atoms with Gasteiger partial charge in [-0.3, -0.25) is 9.59 Å². The number of carbonyl (C=O) groups excluding carboxylic acids is 3. The molecular formula is C21H19N3O5S2. The van der Waals surface area contributed by atoms with Crippen molar-refractivity contribution >= 4 is 46.4 Å². The Labute approximate surface area is 187 Å². The number of anilines is 1. The molecule has 0 atom stereocenters. The minimum atomic E-state index is -0.679. The van der Waals surface area contributed by atoms with Gasteiger partial charge in [-0.15, -0.1) is 10.2 Å². The number of carbonyl (C=O) groups is 3. The highest BCUT2D eigenvalue weighted by Crippen LogP contribution is 2.27. The third-order valence-electron chi connectivity index (χ3n) is 3.97. The number of aryl methyl sites for hydroxylation is 1. The summed E-state index contributed by atoms with van der Waals surface area (Å²) in [6.45, 7) is 1.46. The fourth-order valence-electron chi connectivity index (χ4n) is 2.50. The Balaban J connectivity index is 1.61. The SMILES string of the molecule is COc1ccc(C(=O)OCC(=O)c2ccccc2)cc1NC(=O)CSc1nnc(C)s1. The summed E-state index contributed by atoms with van der Waals surface area (Å²) in [7, 11) is 1.46. The molecule has 0 radical (unpaired) electrons. The van der Waals surface area contributed by atoms with Crippen LogP contribution in [-0.4, -0.2) is 47.3 Å². The van der Waals surface area contributed by atoms with E-state index in [-0.39, 0.29) is 29.6 Å². The summed E-state index contributed by atoms with van der Waals surface area (Å²) in [5, 5.41) is 11.4. The number of hydrogen-bond donors (Lipinski definition) is 1. The fourth-order valence-corrected chi connectivity index (χ4v) is 4.12. The zero-order chi connectivity index (χ0) is 22.2. The molecule has 1 N–H and O–H groups in total. The molecule has 0 spiro atoms. The van der Waals surface area contributed by atoms with E-state index in [1.807, 2.05) is 6.92 Å². The molecule has 31 heavy (non-hydrogen) atoms. The van der Waals surface area contributed by atoms with Gasteiger partial charge in [-0.1, -0.05) is 53.4 Å². The summed E-state index contributed by atoms with van der Waals surface area (Å²) in [6.07, 6.45) is 0. The maximum Gasteiger partial charge on any atom is 0.338 e. The lowest BCUT2D eigenvalue weighted by molar-refractivity contribution is -0.113. The van der Waals surface area contributed by atoms with Crippen molar-refractivity contribution in [3.05, 3.63) is 64.7 Å². The molecule has 0 aliphatic carbocycles. The molecule has 1 heterocycles. The zero-order valence-electron chi connectivity index (χ0n) is 16.8. The van der Waals surface area contributed by atoms with Crippen molar-refractivity contribution in [3.8, 4) is 5.75 Å². The van der Waals surface area contributed by atoms with Crippen LogP contribution in [0.1, 0.15) is 25.7 Å². The van der Waals surface area contributed by atoms with Crippen LogP contribution in [-0.2, 0) is 9.53 Å². The number of amides is 1. The van der Waals surface area contributed by atoms with Crippen LogP contribution in [0.3, 0.4) is 0 Å². The van der Waals surface area contributed by atoms with Crippen LogP contribution < -0.4 is 10.1 Å². The second-order valence-corrected chi connectivity index (χ2v) is 8.61. The quantitative estimate of drug-likeness (QED) is 0.295. The fraction of sp³-hybridized carbons (Fsp3) is 0.190. The van der Waals surface area contributed by atoms with E-state index in [1.54, 1.807) is 36.4 Å². The van der Waals surface area contributed by atoms with Crippen LogP contribution in [0.5, 0.6) is 5.75 Å². The minimum absolute atomic E-state index is 0.123. The first-order valence-corrected chi connectivity index (χ1v) is 10.9. The third kappa shape index (κ3) is 6.37. The maximum atomic E-state index is 12.4. The van der Waals surface area contributed by atoms with E-state index in [1.165, 1.54) is 42.3 Å². The highest BCUT2D eigenvalue weighted by molar-refractivity contribution is 8.01. The molecule has 1 amide bonds. The van der Waals surface area contributed by atoms with Gasteiger partial charge in [0, 0.05) is 5.56 Å². The number of aromatic nitrogens is 2. The third-order valence-corrected chi connectivity index (χ3v) is 5.95. The Kier molecular flexibility index (Phi) is 7.74. The van der Waals surface area contributed by atoms with Crippen molar-refractivity contribution in [1.29, 1.82) is 0 Å². The molecule has 0 aliphatic heterocycles. The predicted molar refractivity (Wildman–Crippen MR) is 118 cm³/mol. The van der Waals surface area contributed by atoms with Crippen LogP contribution in [0.15, 0.2) is 52.9 Å². The van der Waals surface area contributed by atoms with Crippen molar-refractivity contribution in [2.45, 2.75) is 11.3 Å². The van der Waals surface area contributed by atoms with E-state index in [9.17, 15) is 14.4 Å². The van der Waals surface area contributed by atoms with Crippen LogP contribution >= 0.6 is 23.1 Å². The Bertz CT molecular complexity index is 1090. The standard InChI is InChI=1S/C21H19N3O5S2/c1-13-23-24-21(31-13)30-12-19(26)22-16-10-15(8-9-18(16)28-2)20(27)29-11-17(25)14-6-4-3-5-7-14/h3-10H,11-12H2,1-2H3,(H,22,26). The van der Waals surface area contributed by atoms with Gasteiger partial charge in [-0.2, -0.15) is 0 Å². The first kappa shape index (κ1) is 22.4. The number of ketones is 1. The van der Waals surface area contributed by atoms with Crippen molar-refractivity contribution < 1.29 is 23.9 Å². The summed E-state index contributed by atoms with van der Waals surface area (Å²) in [6, 6.07) is 13.1. The molecule has 0 fully saturated rings. The van der Waals surface area contributed by atoms with Gasteiger partial charge in [0.05, 0.1) is 24.1 Å². The molecule has 3 rings (SSSR count). The number of thioether (sulfide) groups is 1. The Morgan fingerprint density at radius 3 is 2.52 bits per heavy atom. The number of esters is 1. The summed E-state index contributed by atoms with van der Waals surface area (Å²) < 4.78 is 11.1. The lowest BCUT2D eigenvalue weighted by Gasteiger charge is -2.12. The number of nitrogens with one attached hydrogen (secondary N) is 1. The van der Waals surface area contributed by atoms with Crippen molar-refractivity contribution in [3.63, 3.8) is 0 Å². The molecule has 0 saturated carbocycles. The molecule has 2 aromatic carbocycles. The van der Waals surface area contributed by atoms with E-state index < -0.39 is 5.97 Å². The maximum absolute atomic E-state index is 12.4. The molecule has 0 unspecified atom stereocenters. The Hall–Kier alpha value is -3.24.